The predicted octanol–water partition coefficient (Wildman–Crippen LogP) is 1.03. The van der Waals surface area contributed by atoms with Crippen molar-refractivity contribution >= 4 is 11.7 Å². The molecule has 6 heteroatoms. The van der Waals surface area contributed by atoms with Crippen molar-refractivity contribution in [3.8, 4) is 0 Å². The number of amides is 1. The fourth-order valence-corrected chi connectivity index (χ4v) is 1.58. The summed E-state index contributed by atoms with van der Waals surface area (Å²) in [7, 11) is 1.62. The minimum Gasteiger partial charge on any atom is -0.409 e. The third-order valence-corrected chi connectivity index (χ3v) is 2.44. The first-order valence-electron chi connectivity index (χ1n) is 6.24. The Hall–Kier alpha value is -1.30. The van der Waals surface area contributed by atoms with Crippen LogP contribution >= 0.6 is 0 Å². The highest BCUT2D eigenvalue weighted by Gasteiger charge is 2.14. The van der Waals surface area contributed by atoms with Crippen molar-refractivity contribution in [2.45, 2.75) is 33.1 Å². The van der Waals surface area contributed by atoms with E-state index in [-0.39, 0.29) is 11.7 Å². The number of hydrogen-bond acceptors (Lipinski definition) is 4. The van der Waals surface area contributed by atoms with Gasteiger partial charge in [-0.2, -0.15) is 0 Å². The van der Waals surface area contributed by atoms with Crippen LogP contribution in [0.3, 0.4) is 0 Å². The van der Waals surface area contributed by atoms with Gasteiger partial charge in [0.1, 0.15) is 5.84 Å². The molecule has 0 fully saturated rings. The zero-order chi connectivity index (χ0) is 14.0. The first-order chi connectivity index (χ1) is 8.51. The molecule has 0 aromatic heterocycles. The number of carbonyl (C=O) groups excluding carboxylic acids is 1. The zero-order valence-electron chi connectivity index (χ0n) is 11.6. The van der Waals surface area contributed by atoms with Crippen molar-refractivity contribution in [2.24, 2.45) is 16.8 Å². The molecule has 0 aliphatic carbocycles. The molecule has 0 aromatic carbocycles. The molecule has 0 spiro atoms. The number of nitrogens with zero attached hydrogens (tertiary/aromatic N) is 2. The van der Waals surface area contributed by atoms with Gasteiger partial charge in [-0.1, -0.05) is 19.0 Å². The number of amidine groups is 1. The van der Waals surface area contributed by atoms with E-state index in [1.54, 1.807) is 12.0 Å². The van der Waals surface area contributed by atoms with Crippen molar-refractivity contribution in [1.82, 2.24) is 4.90 Å². The second kappa shape index (κ2) is 9.70. The molecule has 0 saturated carbocycles. The third kappa shape index (κ3) is 7.89. The third-order valence-electron chi connectivity index (χ3n) is 2.44. The molecule has 6 nitrogen and oxygen atoms in total. The van der Waals surface area contributed by atoms with Crippen molar-refractivity contribution in [3.05, 3.63) is 0 Å². The van der Waals surface area contributed by atoms with Gasteiger partial charge in [0, 0.05) is 39.6 Å². The normalized spacial score (nSPS) is 11.9. The van der Waals surface area contributed by atoms with E-state index in [0.717, 1.165) is 0 Å². The summed E-state index contributed by atoms with van der Waals surface area (Å²) in [6.07, 6.45) is 1.57. The average molecular weight is 259 g/mol. The highest BCUT2D eigenvalue weighted by molar-refractivity contribution is 5.81. The van der Waals surface area contributed by atoms with Crippen LogP contribution in [0.2, 0.25) is 0 Å². The van der Waals surface area contributed by atoms with Gasteiger partial charge < -0.3 is 20.6 Å². The van der Waals surface area contributed by atoms with E-state index in [1.807, 2.05) is 0 Å². The molecule has 0 aromatic rings. The Bertz CT molecular complexity index is 267. The van der Waals surface area contributed by atoms with Crippen LogP contribution in [0.25, 0.3) is 0 Å². The fraction of sp³-hybridized carbons (Fsp3) is 0.833. The zero-order valence-corrected chi connectivity index (χ0v) is 11.6. The Morgan fingerprint density at radius 1 is 1.44 bits per heavy atom. The lowest BCUT2D eigenvalue weighted by molar-refractivity contribution is -0.132. The molecular weight excluding hydrogens is 234 g/mol. The van der Waals surface area contributed by atoms with Gasteiger partial charge in [0.05, 0.1) is 0 Å². The number of rotatable bonds is 9. The molecule has 0 radical (unpaired) electrons. The monoisotopic (exact) mass is 259 g/mol. The molecule has 3 N–H and O–H groups in total. The number of nitrogens with two attached hydrogens (primary N) is 1. The summed E-state index contributed by atoms with van der Waals surface area (Å²) in [5, 5.41) is 11.4. The van der Waals surface area contributed by atoms with Crippen LogP contribution in [0, 0.1) is 5.92 Å². The molecular formula is C12H25N3O3. The molecule has 0 bridgehead atoms. The lowest BCUT2D eigenvalue weighted by Crippen LogP contribution is -2.36. The summed E-state index contributed by atoms with van der Waals surface area (Å²) in [6, 6.07) is 0. The Morgan fingerprint density at radius 3 is 2.61 bits per heavy atom. The van der Waals surface area contributed by atoms with Gasteiger partial charge in [0.15, 0.2) is 0 Å². The molecule has 0 unspecified atom stereocenters. The van der Waals surface area contributed by atoms with E-state index in [9.17, 15) is 4.79 Å². The first kappa shape index (κ1) is 16.7. The van der Waals surface area contributed by atoms with Crippen LogP contribution in [-0.4, -0.2) is 48.7 Å². The molecule has 0 aliphatic heterocycles. The van der Waals surface area contributed by atoms with Gasteiger partial charge in [-0.15, -0.1) is 0 Å². The van der Waals surface area contributed by atoms with Crippen molar-refractivity contribution in [1.29, 1.82) is 0 Å². The smallest absolute Gasteiger partial charge is 0.222 e. The summed E-state index contributed by atoms with van der Waals surface area (Å²) in [5.74, 6) is 0.628. The van der Waals surface area contributed by atoms with Crippen molar-refractivity contribution in [2.75, 3.05) is 26.8 Å². The maximum absolute atomic E-state index is 12.0. The summed E-state index contributed by atoms with van der Waals surface area (Å²) in [5.41, 5.74) is 5.42. The highest BCUT2D eigenvalue weighted by Crippen LogP contribution is 2.05. The van der Waals surface area contributed by atoms with Crippen LogP contribution in [-0.2, 0) is 9.53 Å². The Balaban J connectivity index is 4.24. The topological polar surface area (TPSA) is 88.2 Å². The van der Waals surface area contributed by atoms with Gasteiger partial charge in [-0.3, -0.25) is 4.79 Å². The molecule has 0 atom stereocenters. The molecule has 0 saturated heterocycles. The summed E-state index contributed by atoms with van der Waals surface area (Å²) >= 11 is 0. The summed E-state index contributed by atoms with van der Waals surface area (Å²) in [4.78, 5) is 13.7. The van der Waals surface area contributed by atoms with Gasteiger partial charge in [0.25, 0.3) is 0 Å². The summed E-state index contributed by atoms with van der Waals surface area (Å²) in [6.45, 7) is 5.86. The van der Waals surface area contributed by atoms with E-state index < -0.39 is 0 Å². The van der Waals surface area contributed by atoms with E-state index in [0.29, 0.717) is 44.9 Å². The molecule has 0 rings (SSSR count). The second-order valence-corrected chi connectivity index (χ2v) is 4.67. The SMILES string of the molecule is COCCCC(=O)N(CCC(N)=NO)CC(C)C. The summed E-state index contributed by atoms with van der Waals surface area (Å²) < 4.78 is 4.93. The van der Waals surface area contributed by atoms with Crippen LogP contribution < -0.4 is 5.73 Å². The van der Waals surface area contributed by atoms with Crippen LogP contribution in [0.5, 0.6) is 0 Å². The first-order valence-corrected chi connectivity index (χ1v) is 6.24. The van der Waals surface area contributed by atoms with E-state index in [4.69, 9.17) is 15.7 Å². The van der Waals surface area contributed by atoms with Gasteiger partial charge >= 0.3 is 0 Å². The minimum atomic E-state index is 0.0893. The highest BCUT2D eigenvalue weighted by atomic mass is 16.5. The Kier molecular flexibility index (Phi) is 9.00. The molecule has 18 heavy (non-hydrogen) atoms. The Morgan fingerprint density at radius 2 is 2.11 bits per heavy atom. The number of methoxy groups -OCH3 is 1. The van der Waals surface area contributed by atoms with Crippen LogP contribution in [0.4, 0.5) is 0 Å². The van der Waals surface area contributed by atoms with Crippen molar-refractivity contribution < 1.29 is 14.7 Å². The molecule has 0 aliphatic rings. The molecule has 1 amide bonds. The Labute approximate surface area is 109 Å². The lowest BCUT2D eigenvalue weighted by Gasteiger charge is -2.24. The van der Waals surface area contributed by atoms with E-state index in [1.165, 1.54) is 0 Å². The standard InChI is InChI=1S/C12H25N3O3/c1-10(2)9-15(7-6-11(13)14-17)12(16)5-4-8-18-3/h10,17H,4-9H2,1-3H3,(H2,13,14). The lowest BCUT2D eigenvalue weighted by atomic mass is 10.2. The maximum Gasteiger partial charge on any atom is 0.222 e. The number of hydrogen-bond donors (Lipinski definition) is 2. The van der Waals surface area contributed by atoms with Gasteiger partial charge in [0.2, 0.25) is 5.91 Å². The van der Waals surface area contributed by atoms with E-state index in [2.05, 4.69) is 19.0 Å². The van der Waals surface area contributed by atoms with Crippen LogP contribution in [0.15, 0.2) is 5.16 Å². The average Bonchev–Trinajstić information content (AvgIpc) is 2.33. The van der Waals surface area contributed by atoms with Crippen LogP contribution in [0.1, 0.15) is 33.1 Å². The number of ether oxygens (including phenoxy) is 1. The molecule has 0 heterocycles. The number of oxime groups is 1. The quantitative estimate of drug-likeness (QED) is 0.213. The predicted molar refractivity (Wildman–Crippen MR) is 70.6 cm³/mol. The number of carbonyl (C=O) groups is 1. The second-order valence-electron chi connectivity index (χ2n) is 4.67. The van der Waals surface area contributed by atoms with Crippen molar-refractivity contribution in [3.63, 3.8) is 0 Å². The van der Waals surface area contributed by atoms with E-state index >= 15 is 0 Å². The molecule has 106 valence electrons. The largest absolute Gasteiger partial charge is 0.409 e. The van der Waals surface area contributed by atoms with Gasteiger partial charge in [-0.05, 0) is 12.3 Å². The fourth-order valence-electron chi connectivity index (χ4n) is 1.58. The minimum absolute atomic E-state index is 0.0893. The van der Waals surface area contributed by atoms with Gasteiger partial charge in [-0.25, -0.2) is 0 Å². The maximum atomic E-state index is 12.0.